The first kappa shape index (κ1) is 13.1. The molecule has 0 aliphatic carbocycles. The van der Waals surface area contributed by atoms with Crippen molar-refractivity contribution in [2.45, 2.75) is 6.92 Å². The highest BCUT2D eigenvalue weighted by Crippen LogP contribution is 2.29. The van der Waals surface area contributed by atoms with Gasteiger partial charge in [0.2, 0.25) is 5.88 Å². The molecule has 0 fully saturated rings. The van der Waals surface area contributed by atoms with Crippen molar-refractivity contribution in [1.82, 2.24) is 4.98 Å². The van der Waals surface area contributed by atoms with Crippen molar-refractivity contribution in [2.24, 2.45) is 0 Å². The van der Waals surface area contributed by atoms with Crippen molar-refractivity contribution in [3.8, 4) is 22.8 Å². The van der Waals surface area contributed by atoms with Crippen LogP contribution in [0.3, 0.4) is 0 Å². The Bertz CT molecular complexity index is 591. The summed E-state index contributed by atoms with van der Waals surface area (Å²) < 4.78 is 10.3. The van der Waals surface area contributed by atoms with E-state index in [1.165, 1.54) is 0 Å². The van der Waals surface area contributed by atoms with Gasteiger partial charge in [0.15, 0.2) is 0 Å². The highest BCUT2D eigenvalue weighted by Gasteiger charge is 2.09. The second-order valence-electron chi connectivity index (χ2n) is 4.10. The zero-order valence-electron chi connectivity index (χ0n) is 11.1. The van der Waals surface area contributed by atoms with Crippen LogP contribution in [-0.2, 0) is 0 Å². The van der Waals surface area contributed by atoms with Crippen molar-refractivity contribution in [3.05, 3.63) is 41.6 Å². The number of methoxy groups -OCH3 is 2. The fourth-order valence-electron chi connectivity index (χ4n) is 1.88. The molecule has 0 atom stereocenters. The van der Waals surface area contributed by atoms with Crippen LogP contribution in [0.15, 0.2) is 30.5 Å². The average Bonchev–Trinajstić information content (AvgIpc) is 2.47. The summed E-state index contributed by atoms with van der Waals surface area (Å²) in [5.41, 5.74) is 3.25. The molecule has 2 rings (SSSR count). The molecule has 0 amide bonds. The summed E-state index contributed by atoms with van der Waals surface area (Å²) in [5.74, 6) is 1.24. The van der Waals surface area contributed by atoms with Crippen molar-refractivity contribution >= 4 is 6.29 Å². The minimum atomic E-state index is 0.554. The molecule has 19 heavy (non-hydrogen) atoms. The predicted molar refractivity (Wildman–Crippen MR) is 72.9 cm³/mol. The number of hydrogen-bond donors (Lipinski definition) is 0. The maximum absolute atomic E-state index is 11.1. The van der Waals surface area contributed by atoms with E-state index >= 15 is 0 Å². The molecule has 4 nitrogen and oxygen atoms in total. The Labute approximate surface area is 112 Å². The van der Waals surface area contributed by atoms with E-state index in [4.69, 9.17) is 9.47 Å². The first-order valence-electron chi connectivity index (χ1n) is 5.83. The van der Waals surface area contributed by atoms with Gasteiger partial charge in [-0.3, -0.25) is 4.79 Å². The number of hydrogen-bond acceptors (Lipinski definition) is 4. The normalized spacial score (nSPS) is 10.1. The van der Waals surface area contributed by atoms with Gasteiger partial charge in [0.1, 0.15) is 12.0 Å². The lowest BCUT2D eigenvalue weighted by molar-refractivity contribution is 0.112. The Morgan fingerprint density at radius 2 is 1.89 bits per heavy atom. The summed E-state index contributed by atoms with van der Waals surface area (Å²) in [4.78, 5) is 15.2. The van der Waals surface area contributed by atoms with Crippen molar-refractivity contribution in [3.63, 3.8) is 0 Å². The largest absolute Gasteiger partial charge is 0.496 e. The molecule has 0 saturated carbocycles. The number of aromatic nitrogens is 1. The first-order valence-corrected chi connectivity index (χ1v) is 5.83. The standard InChI is InChI=1S/C15H15NO3/c1-10-13(9-17)6-12(7-14(10)18-2)11-4-5-15(19-3)16-8-11/h4-9H,1-3H3. The van der Waals surface area contributed by atoms with E-state index in [-0.39, 0.29) is 0 Å². The van der Waals surface area contributed by atoms with E-state index in [0.717, 1.165) is 23.0 Å². The lowest BCUT2D eigenvalue weighted by atomic mass is 10.0. The quantitative estimate of drug-likeness (QED) is 0.790. The molecule has 1 aromatic carbocycles. The molecule has 2 aromatic rings. The van der Waals surface area contributed by atoms with Gasteiger partial charge >= 0.3 is 0 Å². The van der Waals surface area contributed by atoms with Crippen LogP contribution in [0, 0.1) is 6.92 Å². The van der Waals surface area contributed by atoms with E-state index in [1.807, 2.05) is 25.1 Å². The van der Waals surface area contributed by atoms with E-state index in [9.17, 15) is 4.79 Å². The topological polar surface area (TPSA) is 48.4 Å². The average molecular weight is 257 g/mol. The van der Waals surface area contributed by atoms with Crippen LogP contribution in [0.25, 0.3) is 11.1 Å². The zero-order valence-corrected chi connectivity index (χ0v) is 11.1. The number of nitrogens with zero attached hydrogens (tertiary/aromatic N) is 1. The molecule has 0 aliphatic rings. The SMILES string of the molecule is COc1ccc(-c2cc(C=O)c(C)c(OC)c2)cn1. The lowest BCUT2D eigenvalue weighted by Gasteiger charge is -2.10. The van der Waals surface area contributed by atoms with Gasteiger partial charge in [0.05, 0.1) is 14.2 Å². The maximum Gasteiger partial charge on any atom is 0.212 e. The number of ether oxygens (including phenoxy) is 2. The summed E-state index contributed by atoms with van der Waals surface area (Å²) in [6, 6.07) is 7.40. The number of pyridine rings is 1. The van der Waals surface area contributed by atoms with Crippen molar-refractivity contribution in [1.29, 1.82) is 0 Å². The molecule has 1 aromatic heterocycles. The van der Waals surface area contributed by atoms with Gasteiger partial charge in [-0.1, -0.05) is 0 Å². The monoisotopic (exact) mass is 257 g/mol. The molecule has 0 aliphatic heterocycles. The van der Waals surface area contributed by atoms with Crippen LogP contribution in [0.1, 0.15) is 15.9 Å². The Hall–Kier alpha value is -2.36. The Morgan fingerprint density at radius 3 is 2.42 bits per heavy atom. The van der Waals surface area contributed by atoms with Crippen LogP contribution in [0.4, 0.5) is 0 Å². The molecule has 98 valence electrons. The maximum atomic E-state index is 11.1. The van der Waals surface area contributed by atoms with Crippen molar-refractivity contribution in [2.75, 3.05) is 14.2 Å². The number of rotatable bonds is 4. The fraction of sp³-hybridized carbons (Fsp3) is 0.200. The molecule has 1 heterocycles. The number of aldehydes is 1. The molecule has 0 bridgehead atoms. The van der Waals surface area contributed by atoms with E-state index < -0.39 is 0 Å². The Morgan fingerprint density at radius 1 is 1.11 bits per heavy atom. The fourth-order valence-corrected chi connectivity index (χ4v) is 1.88. The van der Waals surface area contributed by atoms with Crippen LogP contribution in [0.5, 0.6) is 11.6 Å². The molecule has 4 heteroatoms. The van der Waals surface area contributed by atoms with Crippen molar-refractivity contribution < 1.29 is 14.3 Å². The van der Waals surface area contributed by atoms with Crippen LogP contribution < -0.4 is 9.47 Å². The van der Waals surface area contributed by atoms with Crippen LogP contribution in [0.2, 0.25) is 0 Å². The molecule has 0 spiro atoms. The number of carbonyl (C=O) groups excluding carboxylic acids is 1. The highest BCUT2D eigenvalue weighted by molar-refractivity contribution is 5.82. The molecule has 0 unspecified atom stereocenters. The van der Waals surface area contributed by atoms with Gasteiger partial charge in [0, 0.05) is 29.0 Å². The molecule has 0 radical (unpaired) electrons. The number of benzene rings is 1. The third-order valence-corrected chi connectivity index (χ3v) is 3.03. The lowest BCUT2D eigenvalue weighted by Crippen LogP contribution is -1.95. The van der Waals surface area contributed by atoms with E-state index in [0.29, 0.717) is 17.2 Å². The third-order valence-electron chi connectivity index (χ3n) is 3.03. The minimum absolute atomic E-state index is 0.554. The minimum Gasteiger partial charge on any atom is -0.496 e. The van der Waals surface area contributed by atoms with Crippen LogP contribution >= 0.6 is 0 Å². The second kappa shape index (κ2) is 5.52. The van der Waals surface area contributed by atoms with Gasteiger partial charge in [-0.05, 0) is 30.7 Å². The summed E-state index contributed by atoms with van der Waals surface area (Å²) in [7, 11) is 3.16. The second-order valence-corrected chi connectivity index (χ2v) is 4.10. The summed E-state index contributed by atoms with van der Waals surface area (Å²) in [5, 5.41) is 0. The number of carbonyl (C=O) groups is 1. The van der Waals surface area contributed by atoms with E-state index in [2.05, 4.69) is 4.98 Å². The Balaban J connectivity index is 2.51. The smallest absolute Gasteiger partial charge is 0.212 e. The summed E-state index contributed by atoms with van der Waals surface area (Å²) in [6.45, 7) is 1.86. The van der Waals surface area contributed by atoms with Gasteiger partial charge in [0.25, 0.3) is 0 Å². The summed E-state index contributed by atoms with van der Waals surface area (Å²) in [6.07, 6.45) is 2.54. The van der Waals surface area contributed by atoms with Crippen LogP contribution in [-0.4, -0.2) is 25.5 Å². The van der Waals surface area contributed by atoms with Gasteiger partial charge in [-0.15, -0.1) is 0 Å². The molecular formula is C15H15NO3. The van der Waals surface area contributed by atoms with Gasteiger partial charge in [-0.2, -0.15) is 0 Å². The highest BCUT2D eigenvalue weighted by atomic mass is 16.5. The Kier molecular flexibility index (Phi) is 3.80. The third kappa shape index (κ3) is 2.57. The molecule has 0 N–H and O–H groups in total. The summed E-state index contributed by atoms with van der Waals surface area (Å²) >= 11 is 0. The zero-order chi connectivity index (χ0) is 13.8. The molecule has 0 saturated heterocycles. The van der Waals surface area contributed by atoms with Gasteiger partial charge < -0.3 is 9.47 Å². The molecular weight excluding hydrogens is 242 g/mol. The predicted octanol–water partition coefficient (Wildman–Crippen LogP) is 2.89. The van der Waals surface area contributed by atoms with Gasteiger partial charge in [-0.25, -0.2) is 4.98 Å². The first-order chi connectivity index (χ1) is 9.19. The van der Waals surface area contributed by atoms with E-state index in [1.54, 1.807) is 26.5 Å².